The molecule has 156 valence electrons. The van der Waals surface area contributed by atoms with E-state index in [9.17, 15) is 9.59 Å². The zero-order chi connectivity index (χ0) is 20.1. The molecule has 8 heteroatoms. The number of amides is 2. The van der Waals surface area contributed by atoms with E-state index in [1.807, 2.05) is 17.7 Å². The summed E-state index contributed by atoms with van der Waals surface area (Å²) in [5, 5.41) is 7.41. The molecule has 0 aliphatic carbocycles. The minimum Gasteiger partial charge on any atom is -0.354 e. The van der Waals surface area contributed by atoms with Crippen LogP contribution >= 0.6 is 0 Å². The maximum Gasteiger partial charge on any atom is 0.242 e. The highest BCUT2D eigenvalue weighted by molar-refractivity contribution is 6.00. The lowest BCUT2D eigenvalue weighted by Gasteiger charge is -2.34. The van der Waals surface area contributed by atoms with Gasteiger partial charge in [0.25, 0.3) is 0 Å². The number of piperazine rings is 1. The topological polar surface area (TPSA) is 73.7 Å². The molecule has 1 N–H and O–H groups in total. The predicted octanol–water partition coefficient (Wildman–Crippen LogP) is 0.851. The van der Waals surface area contributed by atoms with Gasteiger partial charge in [0.2, 0.25) is 11.8 Å². The Bertz CT molecular complexity index is 680. The van der Waals surface area contributed by atoms with Crippen LogP contribution in [0, 0.1) is 6.92 Å². The third-order valence-corrected chi connectivity index (χ3v) is 5.66. The average Bonchev–Trinajstić information content (AvgIpc) is 3.06. The number of aryl methyl sites for hydroxylation is 2. The highest BCUT2D eigenvalue weighted by Crippen LogP contribution is 2.24. The summed E-state index contributed by atoms with van der Waals surface area (Å²) in [6.07, 6.45) is 2.52. The predicted molar refractivity (Wildman–Crippen MR) is 109 cm³/mol. The van der Waals surface area contributed by atoms with Crippen LogP contribution < -0.4 is 10.2 Å². The van der Waals surface area contributed by atoms with Gasteiger partial charge in [0.15, 0.2) is 0 Å². The minimum atomic E-state index is -0.528. The van der Waals surface area contributed by atoms with Crippen molar-refractivity contribution < 1.29 is 9.59 Å². The van der Waals surface area contributed by atoms with Gasteiger partial charge in [-0.15, -0.1) is 0 Å². The number of carbonyl (C=O) groups is 2. The van der Waals surface area contributed by atoms with Crippen molar-refractivity contribution in [1.29, 1.82) is 0 Å². The second kappa shape index (κ2) is 9.52. The summed E-state index contributed by atoms with van der Waals surface area (Å²) in [7, 11) is 0. The van der Waals surface area contributed by atoms with Crippen molar-refractivity contribution in [3.63, 3.8) is 0 Å². The zero-order valence-electron chi connectivity index (χ0n) is 17.5. The van der Waals surface area contributed by atoms with Gasteiger partial charge in [-0.1, -0.05) is 6.92 Å². The fraction of sp³-hybridized carbons (Fsp3) is 0.750. The molecule has 8 nitrogen and oxygen atoms in total. The summed E-state index contributed by atoms with van der Waals surface area (Å²) in [6, 6.07) is 1.35. The molecule has 0 saturated carbocycles. The molecular weight excluding hydrogens is 356 g/mol. The highest BCUT2D eigenvalue weighted by Gasteiger charge is 2.32. The lowest BCUT2D eigenvalue weighted by atomic mass is 10.2. The number of carbonyl (C=O) groups excluding carboxylic acids is 2. The van der Waals surface area contributed by atoms with Gasteiger partial charge in [0.05, 0.1) is 12.2 Å². The van der Waals surface area contributed by atoms with E-state index in [0.717, 1.165) is 50.7 Å². The molecule has 2 amide bonds. The van der Waals surface area contributed by atoms with E-state index in [1.165, 1.54) is 13.0 Å². The molecular formula is C20H34N6O2. The van der Waals surface area contributed by atoms with Gasteiger partial charge in [-0.25, -0.2) is 4.68 Å². The Labute approximate surface area is 167 Å². The van der Waals surface area contributed by atoms with E-state index in [1.54, 1.807) is 11.8 Å². The normalized spacial score (nSPS) is 19.5. The van der Waals surface area contributed by atoms with Crippen molar-refractivity contribution >= 4 is 17.6 Å². The molecule has 2 aliphatic heterocycles. The number of aromatic nitrogens is 2. The third-order valence-electron chi connectivity index (χ3n) is 5.66. The third kappa shape index (κ3) is 4.91. The summed E-state index contributed by atoms with van der Waals surface area (Å²) in [4.78, 5) is 31.6. The van der Waals surface area contributed by atoms with E-state index < -0.39 is 6.04 Å². The van der Waals surface area contributed by atoms with Crippen LogP contribution in [0.25, 0.3) is 0 Å². The molecule has 0 bridgehead atoms. The smallest absolute Gasteiger partial charge is 0.242 e. The summed E-state index contributed by atoms with van der Waals surface area (Å²) in [6.45, 7) is 13.8. The number of nitrogens with one attached hydrogen (secondary N) is 1. The van der Waals surface area contributed by atoms with Gasteiger partial charge < -0.3 is 15.1 Å². The van der Waals surface area contributed by atoms with Crippen LogP contribution in [0.3, 0.4) is 0 Å². The van der Waals surface area contributed by atoms with Gasteiger partial charge in [0.1, 0.15) is 11.9 Å². The largest absolute Gasteiger partial charge is 0.354 e. The fourth-order valence-corrected chi connectivity index (χ4v) is 4.09. The van der Waals surface area contributed by atoms with Crippen LogP contribution in [0.4, 0.5) is 5.82 Å². The first-order valence-electron chi connectivity index (χ1n) is 10.6. The van der Waals surface area contributed by atoms with Crippen LogP contribution in [0.5, 0.6) is 0 Å². The Morgan fingerprint density at radius 2 is 1.86 bits per heavy atom. The molecule has 1 atom stereocenters. The Balaban J connectivity index is 1.42. The number of nitrogens with zero attached hydrogens (tertiary/aromatic N) is 5. The molecule has 0 aromatic carbocycles. The molecule has 28 heavy (non-hydrogen) atoms. The molecule has 0 spiro atoms. The first-order valence-corrected chi connectivity index (χ1v) is 10.6. The van der Waals surface area contributed by atoms with Crippen molar-refractivity contribution in [3.05, 3.63) is 11.8 Å². The molecule has 3 heterocycles. The van der Waals surface area contributed by atoms with E-state index >= 15 is 0 Å². The number of anilines is 1. The van der Waals surface area contributed by atoms with Crippen molar-refractivity contribution in [3.8, 4) is 0 Å². The molecule has 3 rings (SSSR count). The fourth-order valence-electron chi connectivity index (χ4n) is 4.09. The first-order chi connectivity index (χ1) is 13.5. The van der Waals surface area contributed by atoms with E-state index in [2.05, 4.69) is 27.1 Å². The molecule has 1 aromatic rings. The molecule has 1 fully saturated rings. The SMILES string of the molecule is CCCN1CCN(CCCNC(=O)C(C)N2C(=O)CCn3nc(C)cc32)CC1. The quantitative estimate of drug-likeness (QED) is 0.666. The van der Waals surface area contributed by atoms with Crippen molar-refractivity contribution in [2.45, 2.75) is 52.6 Å². The van der Waals surface area contributed by atoms with Gasteiger partial charge in [-0.2, -0.15) is 5.10 Å². The molecule has 1 saturated heterocycles. The number of hydrogen-bond acceptors (Lipinski definition) is 5. The standard InChI is InChI=1S/C20H34N6O2/c1-4-8-23-11-13-24(14-12-23)9-5-7-21-20(28)17(3)26-18-15-16(2)22-25(18)10-6-19(26)27/h15,17H,4-14H2,1-3H3,(H,21,28). The maximum atomic E-state index is 12.6. The van der Waals surface area contributed by atoms with E-state index in [-0.39, 0.29) is 11.8 Å². The van der Waals surface area contributed by atoms with Gasteiger partial charge in [-0.3, -0.25) is 14.5 Å². The van der Waals surface area contributed by atoms with E-state index in [0.29, 0.717) is 19.5 Å². The monoisotopic (exact) mass is 390 g/mol. The van der Waals surface area contributed by atoms with Crippen molar-refractivity contribution in [2.24, 2.45) is 0 Å². The lowest BCUT2D eigenvalue weighted by Crippen LogP contribution is -2.51. The second-order valence-electron chi connectivity index (χ2n) is 7.88. The minimum absolute atomic E-state index is 0.0139. The molecule has 0 radical (unpaired) electrons. The van der Waals surface area contributed by atoms with Crippen molar-refractivity contribution in [1.82, 2.24) is 24.9 Å². The molecule has 2 aliphatic rings. The molecule has 1 aromatic heterocycles. The van der Waals surface area contributed by atoms with E-state index in [4.69, 9.17) is 0 Å². The average molecular weight is 391 g/mol. The number of rotatable bonds is 8. The zero-order valence-corrected chi connectivity index (χ0v) is 17.5. The Morgan fingerprint density at radius 1 is 1.18 bits per heavy atom. The Kier molecular flexibility index (Phi) is 7.07. The Morgan fingerprint density at radius 3 is 2.54 bits per heavy atom. The number of hydrogen-bond donors (Lipinski definition) is 1. The second-order valence-corrected chi connectivity index (χ2v) is 7.88. The summed E-state index contributed by atoms with van der Waals surface area (Å²) in [5.74, 6) is 0.606. The maximum absolute atomic E-state index is 12.6. The highest BCUT2D eigenvalue weighted by atomic mass is 16.2. The van der Waals surface area contributed by atoms with Crippen LogP contribution in [-0.4, -0.2) is 83.2 Å². The summed E-state index contributed by atoms with van der Waals surface area (Å²) < 4.78 is 1.82. The summed E-state index contributed by atoms with van der Waals surface area (Å²) >= 11 is 0. The van der Waals surface area contributed by atoms with Crippen LogP contribution in [0.2, 0.25) is 0 Å². The Hall–Kier alpha value is -1.93. The van der Waals surface area contributed by atoms with Crippen molar-refractivity contribution in [2.75, 3.05) is 50.7 Å². The number of fused-ring (bicyclic) bond motifs is 1. The van der Waals surface area contributed by atoms with Gasteiger partial charge >= 0.3 is 0 Å². The molecule has 1 unspecified atom stereocenters. The van der Waals surface area contributed by atoms with Crippen LogP contribution in [0.15, 0.2) is 6.07 Å². The van der Waals surface area contributed by atoms with Crippen LogP contribution in [0.1, 0.15) is 38.8 Å². The lowest BCUT2D eigenvalue weighted by molar-refractivity contribution is -0.126. The van der Waals surface area contributed by atoms with Gasteiger partial charge in [0, 0.05) is 45.2 Å². The summed E-state index contributed by atoms with van der Waals surface area (Å²) in [5.41, 5.74) is 0.862. The van der Waals surface area contributed by atoms with Gasteiger partial charge in [-0.05, 0) is 39.8 Å². The first kappa shape index (κ1) is 20.8. The van der Waals surface area contributed by atoms with Crippen LogP contribution in [-0.2, 0) is 16.1 Å².